The highest BCUT2D eigenvalue weighted by atomic mass is 19.1. The molecule has 1 heterocycles. The number of nitrogens with two attached hydrogens (primary N) is 1. The highest BCUT2D eigenvalue weighted by Gasteiger charge is 2.18. The standard InChI is InChI=1S/C11H16FN3O/c1-16-11-8(13)2-3-9(10(11)12)15-6-4-14-5-7-15/h2-3,14H,4-7,13H2,1H3. The molecule has 0 bridgehead atoms. The van der Waals surface area contributed by atoms with Gasteiger partial charge in [-0.05, 0) is 12.1 Å². The van der Waals surface area contributed by atoms with Gasteiger partial charge in [-0.3, -0.25) is 0 Å². The lowest BCUT2D eigenvalue weighted by molar-refractivity contribution is 0.388. The topological polar surface area (TPSA) is 50.5 Å². The lowest BCUT2D eigenvalue weighted by atomic mass is 10.2. The van der Waals surface area contributed by atoms with Gasteiger partial charge in [-0.2, -0.15) is 0 Å². The van der Waals surface area contributed by atoms with Crippen molar-refractivity contribution in [3.8, 4) is 5.75 Å². The summed E-state index contributed by atoms with van der Waals surface area (Å²) in [7, 11) is 1.43. The van der Waals surface area contributed by atoms with Gasteiger partial charge in [0.2, 0.25) is 0 Å². The zero-order valence-corrected chi connectivity index (χ0v) is 9.29. The number of anilines is 2. The predicted molar refractivity (Wildman–Crippen MR) is 62.4 cm³/mol. The Morgan fingerprint density at radius 1 is 1.38 bits per heavy atom. The zero-order chi connectivity index (χ0) is 11.5. The van der Waals surface area contributed by atoms with E-state index in [9.17, 15) is 4.39 Å². The molecule has 1 aromatic carbocycles. The fraction of sp³-hybridized carbons (Fsp3) is 0.455. The van der Waals surface area contributed by atoms with Crippen molar-refractivity contribution in [3.05, 3.63) is 17.9 Å². The Bertz CT molecular complexity index is 378. The van der Waals surface area contributed by atoms with Crippen molar-refractivity contribution < 1.29 is 9.13 Å². The second-order valence-electron chi connectivity index (χ2n) is 3.76. The van der Waals surface area contributed by atoms with Crippen LogP contribution in [-0.2, 0) is 0 Å². The minimum Gasteiger partial charge on any atom is -0.492 e. The first kappa shape index (κ1) is 11.0. The Morgan fingerprint density at radius 2 is 2.06 bits per heavy atom. The average Bonchev–Trinajstić information content (AvgIpc) is 2.31. The highest BCUT2D eigenvalue weighted by molar-refractivity contribution is 5.63. The largest absolute Gasteiger partial charge is 0.492 e. The Kier molecular flexibility index (Phi) is 3.14. The van der Waals surface area contributed by atoms with Crippen LogP contribution in [-0.4, -0.2) is 33.3 Å². The zero-order valence-electron chi connectivity index (χ0n) is 9.29. The fourth-order valence-corrected chi connectivity index (χ4v) is 1.92. The van der Waals surface area contributed by atoms with Gasteiger partial charge in [-0.1, -0.05) is 0 Å². The molecule has 88 valence electrons. The Balaban J connectivity index is 2.33. The number of ether oxygens (including phenoxy) is 1. The molecular formula is C11H16FN3O. The lowest BCUT2D eigenvalue weighted by Gasteiger charge is -2.30. The molecule has 1 aromatic rings. The van der Waals surface area contributed by atoms with Crippen molar-refractivity contribution in [2.24, 2.45) is 0 Å². The van der Waals surface area contributed by atoms with E-state index in [2.05, 4.69) is 5.32 Å². The van der Waals surface area contributed by atoms with E-state index >= 15 is 0 Å². The Hall–Kier alpha value is -1.49. The second-order valence-corrected chi connectivity index (χ2v) is 3.76. The van der Waals surface area contributed by atoms with Gasteiger partial charge >= 0.3 is 0 Å². The summed E-state index contributed by atoms with van der Waals surface area (Å²) in [4.78, 5) is 1.99. The summed E-state index contributed by atoms with van der Waals surface area (Å²) in [5.41, 5.74) is 6.53. The van der Waals surface area contributed by atoms with Gasteiger partial charge in [0.1, 0.15) is 0 Å². The van der Waals surface area contributed by atoms with E-state index in [4.69, 9.17) is 10.5 Å². The molecule has 1 aliphatic heterocycles. The number of nitrogens with one attached hydrogen (secondary N) is 1. The summed E-state index contributed by atoms with van der Waals surface area (Å²) in [5.74, 6) is -0.236. The minimum atomic E-state index is -0.371. The van der Waals surface area contributed by atoms with Crippen molar-refractivity contribution >= 4 is 11.4 Å². The number of piperazine rings is 1. The third-order valence-electron chi connectivity index (χ3n) is 2.77. The van der Waals surface area contributed by atoms with Crippen molar-refractivity contribution in [2.75, 3.05) is 43.9 Å². The summed E-state index contributed by atoms with van der Waals surface area (Å²) < 4.78 is 19.0. The van der Waals surface area contributed by atoms with Crippen LogP contribution in [0.25, 0.3) is 0 Å². The fourth-order valence-electron chi connectivity index (χ4n) is 1.92. The van der Waals surface area contributed by atoms with E-state index in [-0.39, 0.29) is 11.6 Å². The van der Waals surface area contributed by atoms with Crippen LogP contribution in [0.3, 0.4) is 0 Å². The monoisotopic (exact) mass is 225 g/mol. The maximum atomic E-state index is 14.1. The molecule has 3 N–H and O–H groups in total. The van der Waals surface area contributed by atoms with Crippen molar-refractivity contribution in [2.45, 2.75) is 0 Å². The SMILES string of the molecule is COc1c(N)ccc(N2CCNCC2)c1F. The van der Waals surface area contributed by atoms with Gasteiger partial charge in [0.15, 0.2) is 11.6 Å². The third-order valence-corrected chi connectivity index (χ3v) is 2.77. The maximum Gasteiger partial charge on any atom is 0.190 e. The van der Waals surface area contributed by atoms with Crippen molar-refractivity contribution in [1.82, 2.24) is 5.32 Å². The van der Waals surface area contributed by atoms with E-state index in [0.717, 1.165) is 26.2 Å². The molecule has 0 aromatic heterocycles. The first-order valence-electron chi connectivity index (χ1n) is 5.31. The molecular weight excluding hydrogens is 209 g/mol. The normalized spacial score (nSPS) is 16.2. The third kappa shape index (κ3) is 1.90. The quantitative estimate of drug-likeness (QED) is 0.732. The van der Waals surface area contributed by atoms with Gasteiger partial charge in [0.25, 0.3) is 0 Å². The van der Waals surface area contributed by atoms with Crippen LogP contribution >= 0.6 is 0 Å². The smallest absolute Gasteiger partial charge is 0.190 e. The molecule has 0 atom stereocenters. The Labute approximate surface area is 94.2 Å². The molecule has 0 aliphatic carbocycles. The molecule has 1 aliphatic rings. The van der Waals surface area contributed by atoms with Crippen molar-refractivity contribution in [3.63, 3.8) is 0 Å². The predicted octanol–water partition coefficient (Wildman–Crippen LogP) is 0.826. The average molecular weight is 225 g/mol. The van der Waals surface area contributed by atoms with E-state index < -0.39 is 0 Å². The number of benzene rings is 1. The molecule has 5 heteroatoms. The first-order valence-corrected chi connectivity index (χ1v) is 5.31. The van der Waals surface area contributed by atoms with Gasteiger partial charge in [0.05, 0.1) is 18.5 Å². The number of nitrogens with zero attached hydrogens (tertiary/aromatic N) is 1. The van der Waals surface area contributed by atoms with Crippen LogP contribution in [0, 0.1) is 5.82 Å². The van der Waals surface area contributed by atoms with E-state index in [1.54, 1.807) is 12.1 Å². The number of nitrogen functional groups attached to an aromatic ring is 1. The molecule has 0 amide bonds. The lowest BCUT2D eigenvalue weighted by Crippen LogP contribution is -2.43. The highest BCUT2D eigenvalue weighted by Crippen LogP contribution is 2.32. The summed E-state index contributed by atoms with van der Waals surface area (Å²) in [5, 5.41) is 3.22. The number of halogens is 1. The van der Waals surface area contributed by atoms with Crippen LogP contribution in [0.2, 0.25) is 0 Å². The van der Waals surface area contributed by atoms with Crippen LogP contribution in [0.5, 0.6) is 5.75 Å². The molecule has 1 fully saturated rings. The van der Waals surface area contributed by atoms with E-state index in [1.807, 2.05) is 4.90 Å². The van der Waals surface area contributed by atoms with Crippen LogP contribution in [0.4, 0.5) is 15.8 Å². The number of hydrogen-bond donors (Lipinski definition) is 2. The van der Waals surface area contributed by atoms with Gasteiger partial charge in [-0.25, -0.2) is 4.39 Å². The number of rotatable bonds is 2. The van der Waals surface area contributed by atoms with Gasteiger partial charge in [0, 0.05) is 26.2 Å². The number of methoxy groups -OCH3 is 1. The molecule has 0 saturated carbocycles. The van der Waals surface area contributed by atoms with Crippen molar-refractivity contribution in [1.29, 1.82) is 0 Å². The minimum absolute atomic E-state index is 0.135. The van der Waals surface area contributed by atoms with Gasteiger partial charge < -0.3 is 20.7 Å². The van der Waals surface area contributed by atoms with Gasteiger partial charge in [-0.15, -0.1) is 0 Å². The second kappa shape index (κ2) is 4.57. The molecule has 16 heavy (non-hydrogen) atoms. The maximum absolute atomic E-state index is 14.1. The van der Waals surface area contributed by atoms with E-state index in [0.29, 0.717) is 11.4 Å². The molecule has 2 rings (SSSR count). The Morgan fingerprint density at radius 3 is 2.69 bits per heavy atom. The van der Waals surface area contributed by atoms with Crippen LogP contribution in [0.1, 0.15) is 0 Å². The summed E-state index contributed by atoms with van der Waals surface area (Å²) >= 11 is 0. The molecule has 4 nitrogen and oxygen atoms in total. The summed E-state index contributed by atoms with van der Waals surface area (Å²) in [6, 6.07) is 3.39. The molecule has 1 saturated heterocycles. The summed E-state index contributed by atoms with van der Waals surface area (Å²) in [6.07, 6.45) is 0. The molecule has 0 unspecified atom stereocenters. The van der Waals surface area contributed by atoms with E-state index in [1.165, 1.54) is 7.11 Å². The first-order chi connectivity index (χ1) is 7.74. The molecule has 0 spiro atoms. The number of hydrogen-bond acceptors (Lipinski definition) is 4. The molecule has 0 radical (unpaired) electrons. The van der Waals surface area contributed by atoms with Crippen LogP contribution in [0.15, 0.2) is 12.1 Å². The van der Waals surface area contributed by atoms with Crippen LogP contribution < -0.4 is 20.7 Å². The summed E-state index contributed by atoms with van der Waals surface area (Å²) in [6.45, 7) is 3.33.